The molecule has 0 aromatic heterocycles. The zero-order valence-electron chi connectivity index (χ0n) is 9.96. The van der Waals surface area contributed by atoms with Gasteiger partial charge >= 0.3 is 5.97 Å². The molecule has 4 nitrogen and oxygen atoms in total. The molecule has 0 amide bonds. The summed E-state index contributed by atoms with van der Waals surface area (Å²) in [5, 5.41) is 0. The molecule has 0 unspecified atom stereocenters. The van der Waals surface area contributed by atoms with Gasteiger partial charge in [-0.25, -0.2) is 13.2 Å². The third-order valence-electron chi connectivity index (χ3n) is 2.31. The first kappa shape index (κ1) is 14.6. The van der Waals surface area contributed by atoms with Crippen LogP contribution in [0.2, 0.25) is 0 Å². The number of rotatable bonds is 4. The zero-order chi connectivity index (χ0) is 13.1. The molecular formula is C11H16O4S. The van der Waals surface area contributed by atoms with Crippen LogP contribution < -0.4 is 0 Å². The second kappa shape index (κ2) is 5.12. The average molecular weight is 244 g/mol. The Morgan fingerprint density at radius 3 is 1.88 bits per heavy atom. The first-order valence-corrected chi connectivity index (χ1v) is 6.36. The van der Waals surface area contributed by atoms with Crippen LogP contribution in [0.5, 0.6) is 0 Å². The molecule has 0 saturated heterocycles. The minimum absolute atomic E-state index is 0.0185. The van der Waals surface area contributed by atoms with Crippen molar-refractivity contribution in [1.29, 1.82) is 0 Å². The minimum atomic E-state index is -3.36. The lowest BCUT2D eigenvalue weighted by Crippen LogP contribution is -2.08. The fourth-order valence-corrected chi connectivity index (χ4v) is 1.70. The van der Waals surface area contributed by atoms with E-state index in [2.05, 4.69) is 17.9 Å². The van der Waals surface area contributed by atoms with Gasteiger partial charge in [-0.3, -0.25) is 0 Å². The molecule has 0 aromatic carbocycles. The monoisotopic (exact) mass is 244 g/mol. The maximum absolute atomic E-state index is 11.3. The number of ether oxygens (including phenoxy) is 1. The first-order chi connectivity index (χ1) is 7.12. The Morgan fingerprint density at radius 2 is 1.56 bits per heavy atom. The number of allylic oxidation sites excluding steroid dienone is 1. The van der Waals surface area contributed by atoms with Gasteiger partial charge in [0.25, 0.3) is 0 Å². The lowest BCUT2D eigenvalue weighted by atomic mass is 10.0. The van der Waals surface area contributed by atoms with Gasteiger partial charge in [-0.15, -0.1) is 0 Å². The van der Waals surface area contributed by atoms with E-state index >= 15 is 0 Å². The predicted octanol–water partition coefficient (Wildman–Crippen LogP) is 1.61. The molecule has 90 valence electrons. The Labute approximate surface area is 96.2 Å². The number of carbonyl (C=O) groups excluding carboxylic acids is 1. The van der Waals surface area contributed by atoms with Gasteiger partial charge in [0.2, 0.25) is 0 Å². The summed E-state index contributed by atoms with van der Waals surface area (Å²) in [6.45, 7) is 10.2. The molecule has 0 aliphatic rings. The van der Waals surface area contributed by atoms with Gasteiger partial charge in [0, 0.05) is 6.26 Å². The highest BCUT2D eigenvalue weighted by Crippen LogP contribution is 2.22. The molecule has 16 heavy (non-hydrogen) atoms. The van der Waals surface area contributed by atoms with Gasteiger partial charge in [0.15, 0.2) is 9.84 Å². The third kappa shape index (κ3) is 3.34. The molecular weight excluding hydrogens is 228 g/mol. The van der Waals surface area contributed by atoms with E-state index in [9.17, 15) is 13.2 Å². The Hall–Kier alpha value is -1.36. The van der Waals surface area contributed by atoms with Crippen molar-refractivity contribution in [3.05, 3.63) is 34.8 Å². The van der Waals surface area contributed by atoms with Gasteiger partial charge in [0.05, 0.1) is 17.6 Å². The normalized spacial score (nSPS) is 12.8. The van der Waals surface area contributed by atoms with Crippen LogP contribution in [0.4, 0.5) is 0 Å². The van der Waals surface area contributed by atoms with E-state index < -0.39 is 15.8 Å². The number of hydrogen-bond donors (Lipinski definition) is 0. The molecule has 0 rings (SSSR count). The lowest BCUT2D eigenvalue weighted by Gasteiger charge is -2.10. The van der Waals surface area contributed by atoms with Crippen molar-refractivity contribution in [2.75, 3.05) is 13.4 Å². The van der Waals surface area contributed by atoms with Crippen LogP contribution in [0.25, 0.3) is 0 Å². The standard InChI is InChI=1S/C11H16O4S/c1-7(9(3)11(12)15-5)8(2)10(4)16(6,13)14/h3-4H2,1-2,5-6H3/b8-7-. The van der Waals surface area contributed by atoms with Gasteiger partial charge in [0.1, 0.15) is 0 Å². The number of esters is 1. The summed E-state index contributed by atoms with van der Waals surface area (Å²) < 4.78 is 27.0. The summed E-state index contributed by atoms with van der Waals surface area (Å²) in [5.74, 6) is -0.585. The van der Waals surface area contributed by atoms with Gasteiger partial charge < -0.3 is 4.74 Å². The Bertz CT molecular complexity index is 466. The summed E-state index contributed by atoms with van der Waals surface area (Å²) in [5.41, 5.74) is 1.00. The summed E-state index contributed by atoms with van der Waals surface area (Å²) in [4.78, 5) is 11.2. The van der Waals surface area contributed by atoms with Crippen LogP contribution in [0.3, 0.4) is 0 Å². The molecule has 0 fully saturated rings. The fraction of sp³-hybridized carbons (Fsp3) is 0.364. The van der Waals surface area contributed by atoms with Crippen molar-refractivity contribution < 1.29 is 17.9 Å². The van der Waals surface area contributed by atoms with Gasteiger partial charge in [-0.1, -0.05) is 13.2 Å². The van der Waals surface area contributed by atoms with Crippen LogP contribution in [-0.4, -0.2) is 27.8 Å². The molecule has 0 aliphatic carbocycles. The van der Waals surface area contributed by atoms with Crippen molar-refractivity contribution in [3.63, 3.8) is 0 Å². The molecule has 0 aromatic rings. The third-order valence-corrected chi connectivity index (χ3v) is 3.51. The number of sulfone groups is 1. The Balaban J connectivity index is 5.37. The van der Waals surface area contributed by atoms with Crippen molar-refractivity contribution in [3.8, 4) is 0 Å². The zero-order valence-corrected chi connectivity index (χ0v) is 10.8. The molecule has 0 heterocycles. The lowest BCUT2D eigenvalue weighted by molar-refractivity contribution is -0.135. The maximum Gasteiger partial charge on any atom is 0.337 e. The van der Waals surface area contributed by atoms with E-state index in [1.807, 2.05) is 0 Å². The average Bonchev–Trinajstić information content (AvgIpc) is 2.22. The highest BCUT2D eigenvalue weighted by Gasteiger charge is 2.17. The number of carbonyl (C=O) groups is 1. The van der Waals surface area contributed by atoms with Crippen LogP contribution in [0.1, 0.15) is 13.8 Å². The van der Waals surface area contributed by atoms with E-state index in [1.165, 1.54) is 7.11 Å². The second-order valence-corrected chi connectivity index (χ2v) is 5.45. The highest BCUT2D eigenvalue weighted by atomic mass is 32.2. The van der Waals surface area contributed by atoms with Crippen LogP contribution in [0, 0.1) is 0 Å². The molecule has 0 atom stereocenters. The van der Waals surface area contributed by atoms with Crippen molar-refractivity contribution in [1.82, 2.24) is 0 Å². The quantitative estimate of drug-likeness (QED) is 0.428. The fourth-order valence-electron chi connectivity index (χ4n) is 0.990. The van der Waals surface area contributed by atoms with E-state index in [0.717, 1.165) is 6.26 Å². The number of hydrogen-bond acceptors (Lipinski definition) is 4. The first-order valence-electron chi connectivity index (χ1n) is 4.47. The predicted molar refractivity (Wildman–Crippen MR) is 63.5 cm³/mol. The van der Waals surface area contributed by atoms with E-state index in [0.29, 0.717) is 11.1 Å². The summed E-state index contributed by atoms with van der Waals surface area (Å²) >= 11 is 0. The smallest absolute Gasteiger partial charge is 0.337 e. The molecule has 0 aliphatic heterocycles. The van der Waals surface area contributed by atoms with Crippen molar-refractivity contribution >= 4 is 15.8 Å². The Kier molecular flexibility index (Phi) is 4.68. The van der Waals surface area contributed by atoms with Crippen molar-refractivity contribution in [2.45, 2.75) is 13.8 Å². The SMILES string of the molecule is C=C(C(=O)OC)/C(C)=C(/C)C(=C)S(C)(=O)=O. The molecule has 5 heteroatoms. The molecule has 0 saturated carbocycles. The summed E-state index contributed by atoms with van der Waals surface area (Å²) in [6, 6.07) is 0. The minimum Gasteiger partial charge on any atom is -0.465 e. The Morgan fingerprint density at radius 1 is 1.12 bits per heavy atom. The molecule has 0 spiro atoms. The van der Waals surface area contributed by atoms with E-state index in [1.54, 1.807) is 13.8 Å². The molecule has 0 radical (unpaired) electrons. The van der Waals surface area contributed by atoms with E-state index in [-0.39, 0.29) is 10.5 Å². The van der Waals surface area contributed by atoms with Gasteiger partial charge in [-0.2, -0.15) is 0 Å². The molecule has 0 N–H and O–H groups in total. The second-order valence-electron chi connectivity index (χ2n) is 3.42. The van der Waals surface area contributed by atoms with Crippen LogP contribution in [-0.2, 0) is 19.4 Å². The maximum atomic E-state index is 11.3. The van der Waals surface area contributed by atoms with E-state index in [4.69, 9.17) is 0 Å². The van der Waals surface area contributed by atoms with Gasteiger partial charge in [-0.05, 0) is 25.0 Å². The topological polar surface area (TPSA) is 60.4 Å². The number of methoxy groups -OCH3 is 1. The molecule has 0 bridgehead atoms. The van der Waals surface area contributed by atoms with Crippen LogP contribution in [0.15, 0.2) is 34.8 Å². The van der Waals surface area contributed by atoms with Crippen molar-refractivity contribution in [2.24, 2.45) is 0 Å². The largest absolute Gasteiger partial charge is 0.465 e. The summed E-state index contributed by atoms with van der Waals surface area (Å²) in [6.07, 6.45) is 1.06. The summed E-state index contributed by atoms with van der Waals surface area (Å²) in [7, 11) is -2.12. The highest BCUT2D eigenvalue weighted by molar-refractivity contribution is 7.94. The van der Waals surface area contributed by atoms with Crippen LogP contribution >= 0.6 is 0 Å².